The number of hydrogen-bond acceptors (Lipinski definition) is 4. The minimum atomic E-state index is -0.296. The number of aryl methyl sites for hydroxylation is 2. The quantitative estimate of drug-likeness (QED) is 0.114. The van der Waals surface area contributed by atoms with Crippen LogP contribution in [-0.4, -0.2) is 11.9 Å². The summed E-state index contributed by atoms with van der Waals surface area (Å²) in [5.74, 6) is -0.472. The second kappa shape index (κ2) is 16.0. The molecule has 0 saturated heterocycles. The van der Waals surface area contributed by atoms with Crippen LogP contribution in [0.2, 0.25) is 0 Å². The summed E-state index contributed by atoms with van der Waals surface area (Å²) in [6.07, 6.45) is 4.20. The zero-order chi connectivity index (χ0) is 27.8. The van der Waals surface area contributed by atoms with Crippen LogP contribution in [0.4, 0.5) is 0 Å². The lowest BCUT2D eigenvalue weighted by atomic mass is 10.0. The summed E-state index contributed by atoms with van der Waals surface area (Å²) < 4.78 is 11.8. The molecule has 4 aromatic carbocycles. The topological polar surface area (TPSA) is 52.6 Å². The Balaban J connectivity index is 1.23. The highest BCUT2D eigenvalue weighted by molar-refractivity contribution is 5.71. The summed E-state index contributed by atoms with van der Waals surface area (Å²) in [6.45, 7) is 0. The van der Waals surface area contributed by atoms with Crippen LogP contribution >= 0.6 is 0 Å². The Bertz CT molecular complexity index is 1170. The van der Waals surface area contributed by atoms with E-state index < -0.39 is 0 Å². The van der Waals surface area contributed by atoms with Crippen LogP contribution in [-0.2, 0) is 31.9 Å². The highest BCUT2D eigenvalue weighted by Crippen LogP contribution is 2.26. The van der Waals surface area contributed by atoms with Crippen LogP contribution in [0.5, 0.6) is 0 Å². The van der Waals surface area contributed by atoms with Gasteiger partial charge in [0.1, 0.15) is 12.2 Å². The van der Waals surface area contributed by atoms with Gasteiger partial charge >= 0.3 is 11.9 Å². The highest BCUT2D eigenvalue weighted by Gasteiger charge is 2.19. The highest BCUT2D eigenvalue weighted by atomic mass is 16.5. The maximum atomic E-state index is 12.7. The van der Waals surface area contributed by atoms with Gasteiger partial charge in [-0.15, -0.1) is 0 Å². The second-order valence-corrected chi connectivity index (χ2v) is 10.0. The van der Waals surface area contributed by atoms with Crippen LogP contribution in [0.25, 0.3) is 0 Å². The van der Waals surface area contributed by atoms with E-state index in [1.54, 1.807) is 0 Å². The van der Waals surface area contributed by atoms with E-state index in [2.05, 4.69) is 24.3 Å². The van der Waals surface area contributed by atoms with Crippen molar-refractivity contribution in [2.75, 3.05) is 0 Å². The maximum absolute atomic E-state index is 12.7. The van der Waals surface area contributed by atoms with E-state index in [0.717, 1.165) is 36.8 Å². The third-order valence-electron chi connectivity index (χ3n) is 6.98. The zero-order valence-corrected chi connectivity index (χ0v) is 23.0. The number of ether oxygens (including phenoxy) is 2. The Morgan fingerprint density at radius 2 is 0.800 bits per heavy atom. The first-order valence-electron chi connectivity index (χ1n) is 14.2. The predicted octanol–water partition coefficient (Wildman–Crippen LogP) is 8.38. The van der Waals surface area contributed by atoms with Gasteiger partial charge in [-0.3, -0.25) is 9.59 Å². The summed E-state index contributed by atoms with van der Waals surface area (Å²) in [5.41, 5.74) is 4.43. The van der Waals surface area contributed by atoms with E-state index in [1.807, 2.05) is 97.1 Å². The van der Waals surface area contributed by atoms with Gasteiger partial charge in [0.15, 0.2) is 0 Å². The maximum Gasteiger partial charge on any atom is 0.306 e. The standard InChI is InChI=1S/C36H38O4/c37-35(39-33(31-19-9-3-10-20-31)27-25-29-15-5-1-6-16-29)23-13-14-24-36(38)40-34(32-21-11-4-12-22-32)28-26-30-17-7-2-8-18-30/h1-12,15-22,33-34H,13-14,23-28H2. The molecule has 0 heterocycles. The molecule has 0 aliphatic carbocycles. The number of carbonyl (C=O) groups is 2. The molecule has 206 valence electrons. The lowest BCUT2D eigenvalue weighted by molar-refractivity contribution is -0.152. The molecular formula is C36H38O4. The van der Waals surface area contributed by atoms with Gasteiger partial charge in [0.2, 0.25) is 0 Å². The first-order valence-corrected chi connectivity index (χ1v) is 14.2. The van der Waals surface area contributed by atoms with Crippen molar-refractivity contribution in [3.8, 4) is 0 Å². The molecule has 40 heavy (non-hydrogen) atoms. The van der Waals surface area contributed by atoms with E-state index in [0.29, 0.717) is 12.8 Å². The molecule has 0 aliphatic heterocycles. The summed E-state index contributed by atoms with van der Waals surface area (Å²) >= 11 is 0. The van der Waals surface area contributed by atoms with Crippen molar-refractivity contribution in [3.05, 3.63) is 144 Å². The van der Waals surface area contributed by atoms with Crippen LogP contribution in [0.15, 0.2) is 121 Å². The van der Waals surface area contributed by atoms with Crippen molar-refractivity contribution < 1.29 is 19.1 Å². The lowest BCUT2D eigenvalue weighted by Crippen LogP contribution is -2.14. The van der Waals surface area contributed by atoms with Crippen molar-refractivity contribution >= 4 is 11.9 Å². The number of rotatable bonds is 15. The number of carbonyl (C=O) groups excluding carboxylic acids is 2. The van der Waals surface area contributed by atoms with Crippen LogP contribution in [0, 0.1) is 0 Å². The molecule has 0 N–H and O–H groups in total. The molecule has 0 aliphatic rings. The molecule has 0 saturated carbocycles. The Morgan fingerprint density at radius 3 is 1.15 bits per heavy atom. The van der Waals surface area contributed by atoms with Crippen molar-refractivity contribution in [1.29, 1.82) is 0 Å². The van der Waals surface area contributed by atoms with Crippen LogP contribution in [0.1, 0.15) is 73.0 Å². The first-order chi connectivity index (χ1) is 19.7. The van der Waals surface area contributed by atoms with Gasteiger partial charge in [-0.25, -0.2) is 0 Å². The normalized spacial score (nSPS) is 12.3. The van der Waals surface area contributed by atoms with E-state index in [4.69, 9.17) is 9.47 Å². The number of unbranched alkanes of at least 4 members (excludes halogenated alkanes) is 1. The molecule has 4 heteroatoms. The lowest BCUT2D eigenvalue weighted by Gasteiger charge is -2.19. The smallest absolute Gasteiger partial charge is 0.306 e. The first kappa shape index (κ1) is 28.8. The molecule has 2 unspecified atom stereocenters. The molecule has 0 aromatic heterocycles. The van der Waals surface area contributed by atoms with Crippen molar-refractivity contribution in [2.45, 2.75) is 63.6 Å². The third-order valence-corrected chi connectivity index (χ3v) is 6.98. The third kappa shape index (κ3) is 9.85. The van der Waals surface area contributed by atoms with Crippen molar-refractivity contribution in [1.82, 2.24) is 0 Å². The number of benzene rings is 4. The summed E-state index contributed by atoms with van der Waals surface area (Å²) in [4.78, 5) is 25.5. The average Bonchev–Trinajstić information content (AvgIpc) is 3.01. The summed E-state index contributed by atoms with van der Waals surface area (Å²) in [6, 6.07) is 40.2. The molecule has 0 spiro atoms. The molecular weight excluding hydrogens is 496 g/mol. The Morgan fingerprint density at radius 1 is 0.475 bits per heavy atom. The van der Waals surface area contributed by atoms with Crippen LogP contribution < -0.4 is 0 Å². The largest absolute Gasteiger partial charge is 0.457 e. The summed E-state index contributed by atoms with van der Waals surface area (Å²) in [7, 11) is 0. The van der Waals surface area contributed by atoms with Crippen LogP contribution in [0.3, 0.4) is 0 Å². The number of esters is 2. The average molecular weight is 535 g/mol. The SMILES string of the molecule is O=C(CCCCC(=O)OC(CCc1ccccc1)c1ccccc1)OC(CCc1ccccc1)c1ccccc1. The molecule has 4 rings (SSSR count). The van der Waals surface area contributed by atoms with Crippen molar-refractivity contribution in [3.63, 3.8) is 0 Å². The molecule has 0 amide bonds. The molecule has 2 atom stereocenters. The second-order valence-electron chi connectivity index (χ2n) is 10.0. The number of hydrogen-bond donors (Lipinski definition) is 0. The van der Waals surface area contributed by atoms with Gasteiger partial charge < -0.3 is 9.47 Å². The van der Waals surface area contributed by atoms with Gasteiger partial charge in [0, 0.05) is 12.8 Å². The fourth-order valence-corrected chi connectivity index (χ4v) is 4.78. The fraction of sp³-hybridized carbons (Fsp3) is 0.278. The van der Waals surface area contributed by atoms with E-state index >= 15 is 0 Å². The molecule has 0 bridgehead atoms. The van der Waals surface area contributed by atoms with Gasteiger partial charge in [0.05, 0.1) is 0 Å². The summed E-state index contributed by atoms with van der Waals surface area (Å²) in [5, 5.41) is 0. The Kier molecular flexibility index (Phi) is 11.6. The van der Waals surface area contributed by atoms with Gasteiger partial charge in [-0.1, -0.05) is 121 Å². The Hall–Kier alpha value is -4.18. The van der Waals surface area contributed by atoms with E-state index in [-0.39, 0.29) is 37.0 Å². The fourth-order valence-electron chi connectivity index (χ4n) is 4.78. The zero-order valence-electron chi connectivity index (χ0n) is 23.0. The molecule has 0 radical (unpaired) electrons. The molecule has 4 nitrogen and oxygen atoms in total. The molecule has 4 aromatic rings. The minimum Gasteiger partial charge on any atom is -0.457 e. The Labute approximate surface area is 238 Å². The molecule has 0 fully saturated rings. The van der Waals surface area contributed by atoms with Gasteiger partial charge in [0.25, 0.3) is 0 Å². The van der Waals surface area contributed by atoms with Crippen molar-refractivity contribution in [2.24, 2.45) is 0 Å². The monoisotopic (exact) mass is 534 g/mol. The predicted molar refractivity (Wildman–Crippen MR) is 159 cm³/mol. The van der Waals surface area contributed by atoms with E-state index in [9.17, 15) is 9.59 Å². The van der Waals surface area contributed by atoms with Gasteiger partial charge in [-0.05, 0) is 60.8 Å². The van der Waals surface area contributed by atoms with Gasteiger partial charge in [-0.2, -0.15) is 0 Å². The van der Waals surface area contributed by atoms with E-state index in [1.165, 1.54) is 11.1 Å². The minimum absolute atomic E-state index is 0.236.